The van der Waals surface area contributed by atoms with E-state index in [1.165, 1.54) is 6.07 Å². The number of aliphatic hydroxyl groups excluding tert-OH is 1. The number of halogens is 2. The lowest BCUT2D eigenvalue weighted by atomic mass is 9.95. The molecule has 0 bridgehead atoms. The van der Waals surface area contributed by atoms with Gasteiger partial charge in [-0.25, -0.2) is 0 Å². The van der Waals surface area contributed by atoms with Crippen LogP contribution in [0, 0.1) is 10.1 Å². The first kappa shape index (κ1) is 19.7. The summed E-state index contributed by atoms with van der Waals surface area (Å²) < 4.78 is 0. The van der Waals surface area contributed by atoms with Crippen LogP contribution in [0.5, 0.6) is 0 Å². The molecule has 29 heavy (non-hydrogen) atoms. The second-order valence-electron chi connectivity index (χ2n) is 6.95. The molecule has 0 aromatic heterocycles. The van der Waals surface area contributed by atoms with Crippen LogP contribution in [0.1, 0.15) is 45.2 Å². The summed E-state index contributed by atoms with van der Waals surface area (Å²) >= 11 is 13.2. The number of anilines is 1. The lowest BCUT2D eigenvalue weighted by molar-refractivity contribution is -0.385. The van der Waals surface area contributed by atoms with Gasteiger partial charge in [0, 0.05) is 17.3 Å². The first-order valence-electron chi connectivity index (χ1n) is 9.12. The molecule has 1 aliphatic heterocycles. The van der Waals surface area contributed by atoms with E-state index < -0.39 is 27.8 Å². The molecule has 0 amide bonds. The third-order valence-corrected chi connectivity index (χ3v) is 6.29. The molecule has 4 rings (SSSR count). The van der Waals surface area contributed by atoms with Crippen LogP contribution in [-0.4, -0.2) is 10.0 Å². The molecule has 1 heterocycles. The topological polar surface area (TPSA) is 75.4 Å². The van der Waals surface area contributed by atoms with Crippen LogP contribution in [0.4, 0.5) is 11.4 Å². The molecular formula is C22H18Cl2N2O3. The van der Waals surface area contributed by atoms with Crippen molar-refractivity contribution in [2.75, 3.05) is 5.32 Å². The number of hydrogen-bond acceptors (Lipinski definition) is 4. The zero-order valence-electron chi connectivity index (χ0n) is 15.2. The maximum atomic E-state index is 11.7. The highest BCUT2D eigenvalue weighted by Gasteiger charge is 2.36. The number of fused-ring (bicyclic) bond motifs is 1. The van der Waals surface area contributed by atoms with E-state index in [0.717, 1.165) is 11.1 Å². The van der Waals surface area contributed by atoms with Crippen molar-refractivity contribution in [3.63, 3.8) is 0 Å². The van der Waals surface area contributed by atoms with Gasteiger partial charge in [0.15, 0.2) is 0 Å². The third kappa shape index (κ3) is 3.69. The summed E-state index contributed by atoms with van der Waals surface area (Å²) in [6, 6.07) is 21.3. The van der Waals surface area contributed by atoms with E-state index in [2.05, 4.69) is 5.32 Å². The fourth-order valence-corrected chi connectivity index (χ4v) is 4.29. The average Bonchev–Trinajstić information content (AvgIpc) is 3.08. The van der Waals surface area contributed by atoms with Crippen LogP contribution in [0.3, 0.4) is 0 Å². The highest BCUT2D eigenvalue weighted by atomic mass is 35.5. The highest BCUT2D eigenvalue weighted by Crippen LogP contribution is 2.49. The van der Waals surface area contributed by atoms with E-state index in [4.69, 9.17) is 23.2 Å². The molecule has 0 radical (unpaired) electrons. The van der Waals surface area contributed by atoms with Crippen LogP contribution in [-0.2, 0) is 0 Å². The van der Waals surface area contributed by atoms with Crippen LogP contribution in [0.25, 0.3) is 0 Å². The van der Waals surface area contributed by atoms with E-state index in [1.807, 2.05) is 60.7 Å². The predicted octanol–water partition coefficient (Wildman–Crippen LogP) is 6.06. The Balaban J connectivity index is 1.74. The lowest BCUT2D eigenvalue weighted by Crippen LogP contribution is -2.10. The lowest BCUT2D eigenvalue weighted by Gasteiger charge is -2.18. The number of nitro benzene ring substituents is 1. The zero-order chi connectivity index (χ0) is 20.5. The van der Waals surface area contributed by atoms with E-state index >= 15 is 0 Å². The third-order valence-electron chi connectivity index (χ3n) is 5.17. The molecule has 3 aromatic rings. The van der Waals surface area contributed by atoms with Crippen molar-refractivity contribution in [1.29, 1.82) is 0 Å². The Morgan fingerprint density at radius 2 is 1.59 bits per heavy atom. The van der Waals surface area contributed by atoms with Crippen LogP contribution in [0.15, 0.2) is 72.8 Å². The number of benzene rings is 3. The Kier molecular flexibility index (Phi) is 5.46. The maximum Gasteiger partial charge on any atom is 0.276 e. The highest BCUT2D eigenvalue weighted by molar-refractivity contribution is 6.30. The molecule has 0 unspecified atom stereocenters. The van der Waals surface area contributed by atoms with Crippen molar-refractivity contribution in [2.45, 2.75) is 22.9 Å². The number of aliphatic hydroxyl groups is 1. The number of nitrogens with one attached hydrogen (secondary N) is 1. The minimum atomic E-state index is -0.860. The molecular weight excluding hydrogens is 411 g/mol. The molecule has 0 fully saturated rings. The summed E-state index contributed by atoms with van der Waals surface area (Å²) in [6.07, 6.45) is -0.860. The summed E-state index contributed by atoms with van der Waals surface area (Å²) in [5.74, 6) is 0. The molecule has 0 saturated carbocycles. The minimum absolute atomic E-state index is 0.126. The van der Waals surface area contributed by atoms with Gasteiger partial charge in [0.1, 0.15) is 6.10 Å². The molecule has 0 aliphatic carbocycles. The van der Waals surface area contributed by atoms with E-state index in [9.17, 15) is 15.2 Å². The van der Waals surface area contributed by atoms with Crippen molar-refractivity contribution in [3.8, 4) is 0 Å². The Morgan fingerprint density at radius 3 is 2.21 bits per heavy atom. The van der Waals surface area contributed by atoms with Crippen LogP contribution in [0.2, 0.25) is 0 Å². The fraction of sp³-hybridized carbons (Fsp3) is 0.182. The standard InChI is InChI=1S/C22H18Cl2N2O3/c23-19(13-7-3-1-4-8-13)20(24)16-11-15-17(12-18(16)26(28)29)25-21(22(15)27)14-9-5-2-6-10-14/h1-12,19-22,25,27H/t19-,20+,21+,22-/m1/s1. The van der Waals surface area contributed by atoms with Crippen LogP contribution >= 0.6 is 23.2 Å². The van der Waals surface area contributed by atoms with Gasteiger partial charge in [-0.2, -0.15) is 0 Å². The quantitative estimate of drug-likeness (QED) is 0.294. The first-order valence-corrected chi connectivity index (χ1v) is 9.99. The second kappa shape index (κ2) is 8.03. The first-order chi connectivity index (χ1) is 14.0. The van der Waals surface area contributed by atoms with Gasteiger partial charge in [0.25, 0.3) is 5.69 Å². The number of rotatable bonds is 5. The van der Waals surface area contributed by atoms with Crippen LogP contribution < -0.4 is 5.32 Å². The normalized spacial score (nSPS) is 19.8. The van der Waals surface area contributed by atoms with E-state index in [0.29, 0.717) is 11.3 Å². The average molecular weight is 429 g/mol. The SMILES string of the molecule is O=[N+]([O-])c1cc2c(cc1[C@H](Cl)[C@H](Cl)c1ccccc1)[C@@H](O)[C@H](c1ccccc1)N2. The van der Waals surface area contributed by atoms with Crippen molar-refractivity contribution in [3.05, 3.63) is 105 Å². The Labute approximate surface area is 178 Å². The van der Waals surface area contributed by atoms with Gasteiger partial charge in [0.05, 0.1) is 27.3 Å². The maximum absolute atomic E-state index is 11.7. The van der Waals surface area contributed by atoms with Crippen molar-refractivity contribution >= 4 is 34.6 Å². The van der Waals surface area contributed by atoms with Gasteiger partial charge in [-0.05, 0) is 17.2 Å². The smallest absolute Gasteiger partial charge is 0.276 e. The largest absolute Gasteiger partial charge is 0.386 e. The number of nitrogens with zero attached hydrogens (tertiary/aromatic N) is 1. The summed E-state index contributed by atoms with van der Waals surface area (Å²) in [4.78, 5) is 11.3. The molecule has 3 aromatic carbocycles. The molecule has 0 spiro atoms. The zero-order valence-corrected chi connectivity index (χ0v) is 16.7. The van der Waals surface area contributed by atoms with E-state index in [-0.39, 0.29) is 11.3 Å². The molecule has 0 saturated heterocycles. The Hall–Kier alpha value is -2.60. The van der Waals surface area contributed by atoms with Gasteiger partial charge in [0.2, 0.25) is 0 Å². The summed E-state index contributed by atoms with van der Waals surface area (Å²) in [7, 11) is 0. The number of nitro groups is 1. The molecule has 1 aliphatic rings. The summed E-state index contributed by atoms with van der Waals surface area (Å²) in [6.45, 7) is 0. The van der Waals surface area contributed by atoms with Crippen molar-refractivity contribution in [1.82, 2.24) is 0 Å². The minimum Gasteiger partial charge on any atom is -0.386 e. The van der Waals surface area contributed by atoms with Crippen molar-refractivity contribution < 1.29 is 10.0 Å². The number of alkyl halides is 2. The summed E-state index contributed by atoms with van der Waals surface area (Å²) in [5.41, 5.74) is 2.92. The van der Waals surface area contributed by atoms with Gasteiger partial charge >= 0.3 is 0 Å². The summed E-state index contributed by atoms with van der Waals surface area (Å²) in [5, 5.41) is 24.3. The molecule has 4 atom stereocenters. The Bertz CT molecular complexity index is 1030. The van der Waals surface area contributed by atoms with Gasteiger partial charge in [-0.3, -0.25) is 10.1 Å². The monoisotopic (exact) mass is 428 g/mol. The predicted molar refractivity (Wildman–Crippen MR) is 114 cm³/mol. The fourth-order valence-electron chi connectivity index (χ4n) is 3.69. The molecule has 5 nitrogen and oxygen atoms in total. The Morgan fingerprint density at radius 1 is 0.966 bits per heavy atom. The second-order valence-corrected chi connectivity index (χ2v) is 7.89. The van der Waals surface area contributed by atoms with Gasteiger partial charge in [-0.1, -0.05) is 60.7 Å². The van der Waals surface area contributed by atoms with E-state index in [1.54, 1.807) is 6.07 Å². The molecule has 7 heteroatoms. The van der Waals surface area contributed by atoms with Crippen molar-refractivity contribution in [2.24, 2.45) is 0 Å². The molecule has 2 N–H and O–H groups in total. The van der Waals surface area contributed by atoms with Gasteiger partial charge in [-0.15, -0.1) is 23.2 Å². The molecule has 148 valence electrons. The number of hydrogen-bond donors (Lipinski definition) is 2. The van der Waals surface area contributed by atoms with Gasteiger partial charge < -0.3 is 10.4 Å².